The molecule has 0 aromatic carbocycles. The van der Waals surface area contributed by atoms with Crippen LogP contribution < -0.4 is 5.14 Å². The normalized spacial score (nSPS) is 15.5. The van der Waals surface area contributed by atoms with Crippen molar-refractivity contribution in [3.8, 4) is 0 Å². The molecule has 0 amide bonds. The van der Waals surface area contributed by atoms with Crippen LogP contribution in [-0.2, 0) is 10.0 Å². The van der Waals surface area contributed by atoms with Crippen molar-refractivity contribution >= 4 is 21.4 Å². The van der Waals surface area contributed by atoms with Crippen LogP contribution in [0.2, 0.25) is 0 Å². The second-order valence-corrected chi connectivity index (χ2v) is 6.73. The molecule has 3 N–H and O–H groups in total. The number of aliphatic hydroxyl groups is 1. The number of hydrogen-bond acceptors (Lipinski definition) is 4. The van der Waals surface area contributed by atoms with Crippen molar-refractivity contribution in [3.05, 3.63) is 17.0 Å². The Labute approximate surface area is 119 Å². The Morgan fingerprint density at radius 1 is 1.19 bits per heavy atom. The van der Waals surface area contributed by atoms with Gasteiger partial charge in [0.1, 0.15) is 4.21 Å². The lowest BCUT2D eigenvalue weighted by atomic mass is 9.87. The number of alkyl halides is 6. The molecule has 21 heavy (non-hydrogen) atoms. The van der Waals surface area contributed by atoms with Crippen molar-refractivity contribution in [2.24, 2.45) is 11.1 Å². The maximum Gasteiger partial charge on any atom is 0.401 e. The number of sulfonamides is 1. The minimum Gasteiger partial charge on any atom is -0.396 e. The number of hydrogen-bond donors (Lipinski definition) is 2. The molecule has 0 saturated carbocycles. The average molecular weight is 357 g/mol. The molecule has 1 heterocycles. The average Bonchev–Trinajstić information content (AvgIpc) is 2.69. The van der Waals surface area contributed by atoms with Crippen molar-refractivity contribution < 1.29 is 39.9 Å². The van der Waals surface area contributed by atoms with Gasteiger partial charge in [-0.2, -0.15) is 26.3 Å². The Kier molecular flexibility index (Phi) is 4.98. The number of primary sulfonamides is 1. The van der Waals surface area contributed by atoms with Gasteiger partial charge in [0.2, 0.25) is 10.0 Å². The topological polar surface area (TPSA) is 80.4 Å². The highest BCUT2D eigenvalue weighted by Crippen LogP contribution is 2.48. The van der Waals surface area contributed by atoms with Gasteiger partial charge in [-0.3, -0.25) is 0 Å². The van der Waals surface area contributed by atoms with Gasteiger partial charge in [-0.05, 0) is 17.0 Å². The van der Waals surface area contributed by atoms with E-state index >= 15 is 0 Å². The summed E-state index contributed by atoms with van der Waals surface area (Å²) in [5.41, 5.74) is -0.801. The number of aliphatic hydroxyl groups excluding tert-OH is 1. The maximum absolute atomic E-state index is 12.7. The largest absolute Gasteiger partial charge is 0.401 e. The zero-order valence-corrected chi connectivity index (χ0v) is 11.6. The van der Waals surface area contributed by atoms with E-state index in [9.17, 15) is 34.8 Å². The Morgan fingerprint density at radius 2 is 1.67 bits per heavy atom. The van der Waals surface area contributed by atoms with Crippen LogP contribution >= 0.6 is 11.3 Å². The number of rotatable bonds is 4. The zero-order valence-electron chi connectivity index (χ0n) is 9.94. The number of thiophene rings is 1. The molecule has 0 saturated heterocycles. The van der Waals surface area contributed by atoms with Crippen LogP contribution in [0.4, 0.5) is 26.3 Å². The Bertz CT molecular complexity index is 577. The van der Waals surface area contributed by atoms with E-state index in [4.69, 9.17) is 10.2 Å². The number of nitrogens with two attached hydrogens (primary N) is 1. The van der Waals surface area contributed by atoms with Crippen LogP contribution in [0, 0.1) is 5.92 Å². The SMILES string of the molecule is NS(=O)(=O)c1sccc1C(CO)C(C(F)(F)F)C(F)(F)F. The van der Waals surface area contributed by atoms with E-state index in [1.54, 1.807) is 0 Å². The van der Waals surface area contributed by atoms with E-state index in [0.29, 0.717) is 11.3 Å². The van der Waals surface area contributed by atoms with E-state index in [0.717, 1.165) is 11.4 Å². The molecule has 0 aliphatic rings. The summed E-state index contributed by atoms with van der Waals surface area (Å²) >= 11 is 0.380. The Balaban J connectivity index is 3.46. The first-order valence-corrected chi connectivity index (χ1v) is 7.57. The molecule has 0 fully saturated rings. The molecule has 1 rings (SSSR count). The predicted octanol–water partition coefficient (Wildman–Crippen LogP) is 2.21. The first-order valence-electron chi connectivity index (χ1n) is 5.14. The molecular weight excluding hydrogens is 348 g/mol. The molecule has 0 aliphatic heterocycles. The summed E-state index contributed by atoms with van der Waals surface area (Å²) < 4.78 is 97.6. The highest BCUT2D eigenvalue weighted by molar-refractivity contribution is 7.91. The van der Waals surface area contributed by atoms with E-state index in [1.807, 2.05) is 0 Å². The summed E-state index contributed by atoms with van der Waals surface area (Å²) in [7, 11) is -4.50. The van der Waals surface area contributed by atoms with Crippen LogP contribution in [0.15, 0.2) is 15.7 Å². The molecule has 122 valence electrons. The van der Waals surface area contributed by atoms with E-state index in [2.05, 4.69) is 0 Å². The smallest absolute Gasteiger partial charge is 0.396 e. The fourth-order valence-corrected chi connectivity index (χ4v) is 3.78. The van der Waals surface area contributed by atoms with Crippen molar-refractivity contribution in [2.75, 3.05) is 6.61 Å². The third-order valence-electron chi connectivity index (χ3n) is 2.62. The molecule has 1 aromatic rings. The highest BCUT2D eigenvalue weighted by atomic mass is 32.2. The first kappa shape index (κ1) is 18.2. The second kappa shape index (κ2) is 5.74. The minimum absolute atomic E-state index is 0.380. The lowest BCUT2D eigenvalue weighted by Crippen LogP contribution is -2.42. The molecule has 0 aliphatic carbocycles. The summed E-state index contributed by atoms with van der Waals surface area (Å²) in [5, 5.41) is 14.7. The summed E-state index contributed by atoms with van der Waals surface area (Å²) in [6.45, 7) is -1.54. The lowest BCUT2D eigenvalue weighted by Gasteiger charge is -2.29. The molecule has 1 aromatic heterocycles. The molecule has 12 heteroatoms. The summed E-state index contributed by atoms with van der Waals surface area (Å²) in [6.07, 6.45) is -11.4. The fraction of sp³-hybridized carbons (Fsp3) is 0.556. The van der Waals surface area contributed by atoms with Crippen molar-refractivity contribution in [1.82, 2.24) is 0 Å². The Hall–Kier alpha value is -0.850. The van der Waals surface area contributed by atoms with Crippen molar-refractivity contribution in [1.29, 1.82) is 0 Å². The van der Waals surface area contributed by atoms with Gasteiger partial charge in [0, 0.05) is 5.92 Å². The maximum atomic E-state index is 12.7. The zero-order chi connectivity index (χ0) is 16.6. The van der Waals surface area contributed by atoms with Gasteiger partial charge in [-0.1, -0.05) is 0 Å². The van der Waals surface area contributed by atoms with Gasteiger partial charge in [0.05, 0.1) is 6.61 Å². The van der Waals surface area contributed by atoms with E-state index in [1.165, 1.54) is 0 Å². The van der Waals surface area contributed by atoms with E-state index in [-0.39, 0.29) is 0 Å². The Morgan fingerprint density at radius 3 is 2.00 bits per heavy atom. The molecule has 0 spiro atoms. The molecule has 1 atom stereocenters. The first-order chi connectivity index (χ1) is 9.30. The van der Waals surface area contributed by atoms with Crippen LogP contribution in [0.25, 0.3) is 0 Å². The minimum atomic E-state index is -5.71. The highest BCUT2D eigenvalue weighted by Gasteiger charge is 2.60. The van der Waals surface area contributed by atoms with Gasteiger partial charge in [-0.15, -0.1) is 11.3 Å². The standard InChI is InChI=1S/C9H9F6NO3S2/c10-8(11,12)6(9(13,14)15)5(3-17)4-1-2-20-7(4)21(16,18)19/h1-2,5-6,17H,3H2,(H2,16,18,19). The van der Waals surface area contributed by atoms with Gasteiger partial charge in [0.15, 0.2) is 5.92 Å². The van der Waals surface area contributed by atoms with Gasteiger partial charge >= 0.3 is 12.4 Å². The third kappa shape index (κ3) is 4.08. The lowest BCUT2D eigenvalue weighted by molar-refractivity contribution is -0.292. The van der Waals surface area contributed by atoms with Crippen LogP contribution in [0.5, 0.6) is 0 Å². The van der Waals surface area contributed by atoms with Crippen LogP contribution in [0.3, 0.4) is 0 Å². The van der Waals surface area contributed by atoms with Crippen LogP contribution in [-0.4, -0.2) is 32.5 Å². The van der Waals surface area contributed by atoms with Crippen molar-refractivity contribution in [3.63, 3.8) is 0 Å². The summed E-state index contributed by atoms with van der Waals surface area (Å²) in [4.78, 5) is 0. The predicted molar refractivity (Wildman–Crippen MR) is 61.1 cm³/mol. The second-order valence-electron chi connectivity index (χ2n) is 4.06. The molecule has 0 radical (unpaired) electrons. The molecule has 4 nitrogen and oxygen atoms in total. The van der Waals surface area contributed by atoms with Gasteiger partial charge in [-0.25, -0.2) is 13.6 Å². The van der Waals surface area contributed by atoms with Crippen LogP contribution in [0.1, 0.15) is 11.5 Å². The number of halogens is 6. The third-order valence-corrected chi connectivity index (χ3v) is 5.08. The molecular formula is C9H9F6NO3S2. The summed E-state index contributed by atoms with van der Waals surface area (Å²) in [5.74, 6) is -6.41. The molecule has 0 bridgehead atoms. The van der Waals surface area contributed by atoms with E-state index < -0.39 is 50.6 Å². The summed E-state index contributed by atoms with van der Waals surface area (Å²) in [6, 6.07) is 0.774. The monoisotopic (exact) mass is 357 g/mol. The van der Waals surface area contributed by atoms with Gasteiger partial charge < -0.3 is 5.11 Å². The fourth-order valence-electron chi connectivity index (χ4n) is 1.84. The van der Waals surface area contributed by atoms with Gasteiger partial charge in [0.25, 0.3) is 0 Å². The quantitative estimate of drug-likeness (QED) is 0.811. The molecule has 1 unspecified atom stereocenters. The van der Waals surface area contributed by atoms with Crippen molar-refractivity contribution in [2.45, 2.75) is 22.5 Å².